The Labute approximate surface area is 165 Å². The van der Waals surface area contributed by atoms with E-state index < -0.39 is 0 Å². The van der Waals surface area contributed by atoms with Crippen LogP contribution in [0.1, 0.15) is 50.7 Å². The first-order valence-electron chi connectivity index (χ1n) is 9.53. The van der Waals surface area contributed by atoms with E-state index in [2.05, 4.69) is 40.8 Å². The van der Waals surface area contributed by atoms with Crippen molar-refractivity contribution in [3.05, 3.63) is 45.7 Å². The lowest BCUT2D eigenvalue weighted by atomic mass is 10.0. The highest BCUT2D eigenvalue weighted by atomic mass is 32.2. The minimum Gasteiger partial charge on any atom is -0.300 e. The quantitative estimate of drug-likeness (QED) is 0.484. The molecule has 0 amide bonds. The Morgan fingerprint density at radius 2 is 1.93 bits per heavy atom. The van der Waals surface area contributed by atoms with Crippen molar-refractivity contribution in [3.63, 3.8) is 0 Å². The largest absolute Gasteiger partial charge is 0.300 e. The van der Waals surface area contributed by atoms with Crippen molar-refractivity contribution in [2.24, 2.45) is 0 Å². The number of nitrogens with zero attached hydrogens (tertiary/aromatic N) is 3. The van der Waals surface area contributed by atoms with Crippen molar-refractivity contribution in [2.75, 3.05) is 19.3 Å². The van der Waals surface area contributed by atoms with Crippen LogP contribution < -0.4 is 5.56 Å². The lowest BCUT2D eigenvalue weighted by Crippen LogP contribution is -2.25. The standard InChI is InChI=1S/C21H28N4OS/c1-4-6-11-25(12-7-5-2)15-16-9-8-10-17(13-16)19-18(14-22)20(26)24-21(23-19)27-3/h8-10,13H,4-7,11-12,15H2,1-3H3,(H,23,24,26). The predicted molar refractivity (Wildman–Crippen MR) is 112 cm³/mol. The molecule has 0 saturated carbocycles. The molecule has 2 aromatic rings. The first kappa shape index (κ1) is 21.2. The Kier molecular flexibility index (Phi) is 8.56. The molecule has 1 heterocycles. The third-order valence-corrected chi connectivity index (χ3v) is 5.05. The summed E-state index contributed by atoms with van der Waals surface area (Å²) in [5, 5.41) is 9.93. The third-order valence-electron chi connectivity index (χ3n) is 4.47. The molecule has 0 bridgehead atoms. The topological polar surface area (TPSA) is 72.8 Å². The number of benzene rings is 1. The third kappa shape index (κ3) is 5.95. The van der Waals surface area contributed by atoms with Crippen LogP contribution >= 0.6 is 11.8 Å². The number of nitrogens with one attached hydrogen (secondary N) is 1. The number of H-pyrrole nitrogens is 1. The van der Waals surface area contributed by atoms with E-state index in [0.717, 1.165) is 25.2 Å². The van der Waals surface area contributed by atoms with Gasteiger partial charge in [0.15, 0.2) is 5.16 Å². The number of hydrogen-bond donors (Lipinski definition) is 1. The van der Waals surface area contributed by atoms with Crippen LogP contribution in [0, 0.1) is 11.3 Å². The van der Waals surface area contributed by atoms with Gasteiger partial charge in [0.05, 0.1) is 5.69 Å². The van der Waals surface area contributed by atoms with Crippen molar-refractivity contribution in [1.82, 2.24) is 14.9 Å². The number of hydrogen-bond acceptors (Lipinski definition) is 5. The Balaban J connectivity index is 2.33. The van der Waals surface area contributed by atoms with Gasteiger partial charge in [-0.25, -0.2) is 4.98 Å². The second-order valence-electron chi connectivity index (χ2n) is 6.59. The second-order valence-corrected chi connectivity index (χ2v) is 7.39. The summed E-state index contributed by atoms with van der Waals surface area (Å²) in [7, 11) is 0. The predicted octanol–water partition coefficient (Wildman–Crippen LogP) is 4.43. The van der Waals surface area contributed by atoms with Gasteiger partial charge in [0, 0.05) is 12.1 Å². The fraction of sp³-hybridized carbons (Fsp3) is 0.476. The first-order valence-corrected chi connectivity index (χ1v) is 10.7. The molecule has 0 saturated heterocycles. The summed E-state index contributed by atoms with van der Waals surface area (Å²) in [5.41, 5.74) is 2.14. The van der Waals surface area contributed by atoms with Crippen LogP contribution in [0.5, 0.6) is 0 Å². The van der Waals surface area contributed by atoms with Crippen LogP contribution in [0.25, 0.3) is 11.3 Å². The molecule has 2 rings (SSSR count). The molecule has 0 spiro atoms. The zero-order valence-electron chi connectivity index (χ0n) is 16.4. The van der Waals surface area contributed by atoms with Crippen molar-refractivity contribution >= 4 is 11.8 Å². The van der Waals surface area contributed by atoms with E-state index in [0.29, 0.717) is 10.9 Å². The van der Waals surface area contributed by atoms with E-state index >= 15 is 0 Å². The molecular formula is C21H28N4OS. The van der Waals surface area contributed by atoms with Crippen LogP contribution in [-0.2, 0) is 6.54 Å². The molecule has 0 aliphatic heterocycles. The SMILES string of the molecule is CCCCN(CCCC)Cc1cccc(-c2nc(SC)[nH]c(=O)c2C#N)c1. The van der Waals surface area contributed by atoms with Gasteiger partial charge in [0.2, 0.25) is 0 Å². The van der Waals surface area contributed by atoms with Crippen molar-refractivity contribution < 1.29 is 0 Å². The van der Waals surface area contributed by atoms with Crippen LogP contribution in [-0.4, -0.2) is 34.2 Å². The molecule has 1 aromatic heterocycles. The number of nitriles is 1. The molecule has 0 aliphatic carbocycles. The number of rotatable bonds is 10. The minimum atomic E-state index is -0.384. The van der Waals surface area contributed by atoms with E-state index in [4.69, 9.17) is 0 Å². The Hall–Kier alpha value is -2.10. The molecule has 27 heavy (non-hydrogen) atoms. The first-order chi connectivity index (χ1) is 13.1. The van der Waals surface area contributed by atoms with Crippen LogP contribution in [0.2, 0.25) is 0 Å². The molecule has 0 aliphatic rings. The lowest BCUT2D eigenvalue weighted by Gasteiger charge is -2.22. The number of unbranched alkanes of at least 4 members (excludes halogenated alkanes) is 2. The molecule has 0 unspecified atom stereocenters. The summed E-state index contributed by atoms with van der Waals surface area (Å²) in [6.45, 7) is 7.47. The Morgan fingerprint density at radius 1 is 1.22 bits per heavy atom. The summed E-state index contributed by atoms with van der Waals surface area (Å²) in [5.74, 6) is 0. The van der Waals surface area contributed by atoms with Crippen molar-refractivity contribution in [1.29, 1.82) is 5.26 Å². The average molecular weight is 385 g/mol. The van der Waals surface area contributed by atoms with Gasteiger partial charge in [0.1, 0.15) is 11.6 Å². The van der Waals surface area contributed by atoms with Gasteiger partial charge < -0.3 is 4.98 Å². The maximum Gasteiger partial charge on any atom is 0.270 e. The summed E-state index contributed by atoms with van der Waals surface area (Å²) in [6, 6.07) is 10.1. The molecule has 1 N–H and O–H groups in total. The Morgan fingerprint density at radius 3 is 2.52 bits per heavy atom. The van der Waals surface area contributed by atoms with E-state index in [-0.39, 0.29) is 11.1 Å². The number of aromatic amines is 1. The molecule has 6 heteroatoms. The fourth-order valence-electron chi connectivity index (χ4n) is 2.97. The minimum absolute atomic E-state index is 0.0683. The van der Waals surface area contributed by atoms with Gasteiger partial charge in [-0.3, -0.25) is 9.69 Å². The van der Waals surface area contributed by atoms with E-state index in [9.17, 15) is 10.1 Å². The summed E-state index contributed by atoms with van der Waals surface area (Å²) in [6.07, 6.45) is 6.60. The highest BCUT2D eigenvalue weighted by molar-refractivity contribution is 7.98. The van der Waals surface area contributed by atoms with Gasteiger partial charge in [-0.1, -0.05) is 56.7 Å². The van der Waals surface area contributed by atoms with Crippen molar-refractivity contribution in [2.45, 2.75) is 51.2 Å². The van der Waals surface area contributed by atoms with Crippen LogP contribution in [0.4, 0.5) is 0 Å². The maximum absolute atomic E-state index is 12.2. The van der Waals surface area contributed by atoms with Crippen LogP contribution in [0.15, 0.2) is 34.2 Å². The van der Waals surface area contributed by atoms with Gasteiger partial charge in [-0.2, -0.15) is 5.26 Å². The molecule has 5 nitrogen and oxygen atoms in total. The van der Waals surface area contributed by atoms with Gasteiger partial charge in [-0.15, -0.1) is 0 Å². The van der Waals surface area contributed by atoms with Gasteiger partial charge in [0.25, 0.3) is 5.56 Å². The van der Waals surface area contributed by atoms with Gasteiger partial charge in [-0.05, 0) is 43.8 Å². The maximum atomic E-state index is 12.2. The molecule has 144 valence electrons. The fourth-order valence-corrected chi connectivity index (χ4v) is 3.35. The smallest absolute Gasteiger partial charge is 0.270 e. The average Bonchev–Trinajstić information content (AvgIpc) is 2.69. The zero-order valence-corrected chi connectivity index (χ0v) is 17.2. The van der Waals surface area contributed by atoms with Gasteiger partial charge >= 0.3 is 0 Å². The van der Waals surface area contributed by atoms with Crippen LogP contribution in [0.3, 0.4) is 0 Å². The molecule has 0 atom stereocenters. The Bertz CT molecular complexity index is 833. The second kappa shape index (κ2) is 10.9. The molecular weight excluding hydrogens is 356 g/mol. The zero-order chi connectivity index (χ0) is 19.6. The number of thioether (sulfide) groups is 1. The normalized spacial score (nSPS) is 10.9. The summed E-state index contributed by atoms with van der Waals surface area (Å²) in [4.78, 5) is 21.8. The van der Waals surface area contributed by atoms with E-state index in [1.807, 2.05) is 24.5 Å². The number of aromatic nitrogens is 2. The highest BCUT2D eigenvalue weighted by Gasteiger charge is 2.14. The molecule has 0 fully saturated rings. The summed E-state index contributed by atoms with van der Waals surface area (Å²) >= 11 is 1.36. The van der Waals surface area contributed by atoms with Crippen molar-refractivity contribution in [3.8, 4) is 17.3 Å². The summed E-state index contributed by atoms with van der Waals surface area (Å²) < 4.78 is 0. The molecule has 1 aromatic carbocycles. The van der Waals surface area contributed by atoms with E-state index in [1.165, 1.54) is 43.0 Å². The monoisotopic (exact) mass is 384 g/mol. The molecule has 0 radical (unpaired) electrons. The lowest BCUT2D eigenvalue weighted by molar-refractivity contribution is 0.257. The van der Waals surface area contributed by atoms with E-state index in [1.54, 1.807) is 0 Å². The highest BCUT2D eigenvalue weighted by Crippen LogP contribution is 2.23.